The van der Waals surface area contributed by atoms with E-state index in [1.54, 1.807) is 12.1 Å². The van der Waals surface area contributed by atoms with Gasteiger partial charge in [-0.1, -0.05) is 17.4 Å². The number of halogens is 3. The number of Topliss-reactive ketones (excluding diaryl/α,β-unsaturated/α-hetero) is 1. The van der Waals surface area contributed by atoms with Gasteiger partial charge in [-0.2, -0.15) is 13.2 Å². The molecule has 0 radical (unpaired) electrons. The van der Waals surface area contributed by atoms with Gasteiger partial charge >= 0.3 is 12.1 Å². The van der Waals surface area contributed by atoms with Crippen molar-refractivity contribution in [2.24, 2.45) is 0 Å². The van der Waals surface area contributed by atoms with Crippen molar-refractivity contribution in [1.82, 2.24) is 14.9 Å². The molecule has 2 aliphatic rings. The predicted octanol–water partition coefficient (Wildman–Crippen LogP) is 3.18. The van der Waals surface area contributed by atoms with E-state index in [-0.39, 0.29) is 23.0 Å². The van der Waals surface area contributed by atoms with Gasteiger partial charge in [0.2, 0.25) is 0 Å². The molecule has 0 atom stereocenters. The molecule has 0 amide bonds. The fourth-order valence-corrected chi connectivity index (χ4v) is 5.29. The van der Waals surface area contributed by atoms with E-state index >= 15 is 0 Å². The highest BCUT2D eigenvalue weighted by molar-refractivity contribution is 7.17. The molecule has 8 nitrogen and oxygen atoms in total. The first-order chi connectivity index (χ1) is 16.2. The number of alkyl halides is 3. The van der Waals surface area contributed by atoms with Crippen LogP contribution in [-0.2, 0) is 17.4 Å². The van der Waals surface area contributed by atoms with Gasteiger partial charge in [-0.25, -0.2) is 9.97 Å². The lowest BCUT2D eigenvalue weighted by atomic mass is 10.1. The average Bonchev–Trinajstić information content (AvgIpc) is 3.27. The van der Waals surface area contributed by atoms with Crippen LogP contribution in [0.2, 0.25) is 0 Å². The molecule has 2 aromatic rings. The van der Waals surface area contributed by atoms with Gasteiger partial charge in [-0.05, 0) is 30.9 Å². The van der Waals surface area contributed by atoms with Crippen molar-refractivity contribution in [3.8, 4) is 0 Å². The van der Waals surface area contributed by atoms with Crippen molar-refractivity contribution >= 4 is 34.0 Å². The smallest absolute Gasteiger partial charge is 0.435 e. The highest BCUT2D eigenvalue weighted by atomic mass is 32.1. The number of carbonyl (C=O) groups is 2. The van der Waals surface area contributed by atoms with Crippen LogP contribution in [0.3, 0.4) is 0 Å². The number of carbonyl (C=O) groups excluding carboxylic acids is 1. The SMILES string of the molecule is O=C(O)CN1CCN(c2ccc(CC(=O)c3sc(N4CCCCC4)nc3C(F)(F)F)cn2)CC1. The van der Waals surface area contributed by atoms with Gasteiger partial charge in [0, 0.05) is 51.9 Å². The van der Waals surface area contributed by atoms with E-state index in [1.165, 1.54) is 6.20 Å². The zero-order valence-corrected chi connectivity index (χ0v) is 19.4. The summed E-state index contributed by atoms with van der Waals surface area (Å²) in [6.45, 7) is 3.72. The van der Waals surface area contributed by atoms with Gasteiger partial charge in [0.25, 0.3) is 0 Å². The number of nitrogens with zero attached hydrogens (tertiary/aromatic N) is 5. The molecule has 4 heterocycles. The lowest BCUT2D eigenvalue weighted by Crippen LogP contribution is -2.48. The first kappa shape index (κ1) is 24.4. The molecule has 2 aromatic heterocycles. The third-order valence-electron chi connectivity index (χ3n) is 5.99. The molecule has 0 saturated carbocycles. The standard InChI is InChI=1S/C22H26F3N5O3S/c23-22(24,25)20-19(34-21(27-20)30-6-2-1-3-7-30)16(31)12-15-4-5-17(26-13-15)29-10-8-28(9-11-29)14-18(32)33/h4-5,13H,1-3,6-12,14H2,(H,32,33). The summed E-state index contributed by atoms with van der Waals surface area (Å²) in [5, 5.41) is 9.16. The lowest BCUT2D eigenvalue weighted by Gasteiger charge is -2.34. The number of carboxylic acids is 1. The Labute approximate surface area is 199 Å². The molecular weight excluding hydrogens is 471 g/mol. The Hall–Kier alpha value is -2.73. The van der Waals surface area contributed by atoms with E-state index in [2.05, 4.69) is 9.97 Å². The van der Waals surface area contributed by atoms with Gasteiger partial charge < -0.3 is 14.9 Å². The van der Waals surface area contributed by atoms with Crippen LogP contribution < -0.4 is 9.80 Å². The zero-order valence-electron chi connectivity index (χ0n) is 18.6. The highest BCUT2D eigenvalue weighted by Gasteiger charge is 2.40. The van der Waals surface area contributed by atoms with Crippen molar-refractivity contribution in [1.29, 1.82) is 0 Å². The minimum atomic E-state index is -4.69. The van der Waals surface area contributed by atoms with Crippen molar-refractivity contribution in [2.45, 2.75) is 31.9 Å². The minimum absolute atomic E-state index is 0.000711. The van der Waals surface area contributed by atoms with Crippen LogP contribution in [0.1, 0.15) is 40.2 Å². The number of anilines is 2. The number of hydrogen-bond acceptors (Lipinski definition) is 8. The van der Waals surface area contributed by atoms with Crippen LogP contribution in [0.15, 0.2) is 18.3 Å². The van der Waals surface area contributed by atoms with Crippen LogP contribution in [0, 0.1) is 0 Å². The Bertz CT molecular complexity index is 1010. The fourth-order valence-electron chi connectivity index (χ4n) is 4.21. The number of thiazole rings is 1. The summed E-state index contributed by atoms with van der Waals surface area (Å²) < 4.78 is 40.8. The number of pyridine rings is 1. The van der Waals surface area contributed by atoms with E-state index in [9.17, 15) is 22.8 Å². The van der Waals surface area contributed by atoms with E-state index in [1.807, 2.05) is 14.7 Å². The minimum Gasteiger partial charge on any atom is -0.480 e. The van der Waals surface area contributed by atoms with Crippen molar-refractivity contribution in [2.75, 3.05) is 55.6 Å². The molecule has 0 unspecified atom stereocenters. The third kappa shape index (κ3) is 5.84. The Balaban J connectivity index is 1.42. The Morgan fingerprint density at radius 3 is 2.29 bits per heavy atom. The van der Waals surface area contributed by atoms with E-state index in [0.29, 0.717) is 50.6 Å². The maximum atomic E-state index is 13.6. The largest absolute Gasteiger partial charge is 0.480 e. The molecule has 0 bridgehead atoms. The first-order valence-electron chi connectivity index (χ1n) is 11.2. The Kier molecular flexibility index (Phi) is 7.36. The summed E-state index contributed by atoms with van der Waals surface area (Å²) in [6.07, 6.45) is -0.532. The normalized spacial score (nSPS) is 17.7. The zero-order chi connectivity index (χ0) is 24.3. The maximum Gasteiger partial charge on any atom is 0.435 e. The van der Waals surface area contributed by atoms with Crippen LogP contribution in [0.5, 0.6) is 0 Å². The molecule has 34 heavy (non-hydrogen) atoms. The second kappa shape index (κ2) is 10.3. The van der Waals surface area contributed by atoms with Gasteiger partial charge in [0.15, 0.2) is 16.6 Å². The third-order valence-corrected chi connectivity index (χ3v) is 7.15. The number of ketones is 1. The van der Waals surface area contributed by atoms with Crippen molar-refractivity contribution in [3.05, 3.63) is 34.5 Å². The lowest BCUT2D eigenvalue weighted by molar-refractivity contribution is -0.141. The van der Waals surface area contributed by atoms with Crippen molar-refractivity contribution < 1.29 is 27.9 Å². The Morgan fingerprint density at radius 1 is 1.00 bits per heavy atom. The summed E-state index contributed by atoms with van der Waals surface area (Å²) >= 11 is 0.821. The topological polar surface area (TPSA) is 89.9 Å². The number of aromatic nitrogens is 2. The summed E-state index contributed by atoms with van der Waals surface area (Å²) in [7, 11) is 0. The molecule has 0 aromatic carbocycles. The molecule has 2 fully saturated rings. The summed E-state index contributed by atoms with van der Waals surface area (Å²) in [5.41, 5.74) is -0.578. The number of rotatable bonds is 7. The quantitative estimate of drug-likeness (QED) is 0.584. The van der Waals surface area contributed by atoms with E-state index < -0.39 is 23.6 Å². The molecule has 4 rings (SSSR count). The Morgan fingerprint density at radius 2 is 1.71 bits per heavy atom. The number of carboxylic acid groups (broad SMARTS) is 1. The van der Waals surface area contributed by atoms with Crippen LogP contribution in [0.25, 0.3) is 0 Å². The summed E-state index contributed by atoms with van der Waals surface area (Å²) in [4.78, 5) is 37.2. The predicted molar refractivity (Wildman–Crippen MR) is 122 cm³/mol. The number of aliphatic carboxylic acids is 1. The molecule has 184 valence electrons. The first-order valence-corrected chi connectivity index (χ1v) is 12.0. The average molecular weight is 498 g/mol. The number of hydrogen-bond donors (Lipinski definition) is 1. The van der Waals surface area contributed by atoms with Gasteiger partial charge in [-0.3, -0.25) is 14.5 Å². The molecule has 2 aliphatic heterocycles. The van der Waals surface area contributed by atoms with E-state index in [0.717, 1.165) is 30.6 Å². The molecule has 0 aliphatic carbocycles. The van der Waals surface area contributed by atoms with Gasteiger partial charge in [-0.15, -0.1) is 0 Å². The maximum absolute atomic E-state index is 13.6. The van der Waals surface area contributed by atoms with Crippen LogP contribution in [-0.4, -0.2) is 77.5 Å². The van der Waals surface area contributed by atoms with Crippen LogP contribution in [0.4, 0.5) is 24.1 Å². The monoisotopic (exact) mass is 497 g/mol. The molecule has 1 N–H and O–H groups in total. The van der Waals surface area contributed by atoms with Gasteiger partial charge in [0.05, 0.1) is 6.54 Å². The highest BCUT2D eigenvalue weighted by Crippen LogP contribution is 2.38. The van der Waals surface area contributed by atoms with Crippen LogP contribution >= 0.6 is 11.3 Å². The summed E-state index contributed by atoms with van der Waals surface area (Å²) in [5.74, 6) is -0.796. The molecular formula is C22H26F3N5O3S. The summed E-state index contributed by atoms with van der Waals surface area (Å²) in [6, 6.07) is 3.44. The van der Waals surface area contributed by atoms with Crippen molar-refractivity contribution in [3.63, 3.8) is 0 Å². The number of piperazine rings is 1. The van der Waals surface area contributed by atoms with E-state index in [4.69, 9.17) is 5.11 Å². The molecule has 12 heteroatoms. The van der Waals surface area contributed by atoms with Gasteiger partial charge in [0.1, 0.15) is 10.7 Å². The number of piperidine rings is 1. The second-order valence-corrected chi connectivity index (χ2v) is 9.48. The molecule has 2 saturated heterocycles. The molecule has 0 spiro atoms. The second-order valence-electron chi connectivity index (χ2n) is 8.50. The fraction of sp³-hybridized carbons (Fsp3) is 0.545.